The molecule has 1 atom stereocenters. The Morgan fingerprint density at radius 2 is 1.90 bits per heavy atom. The zero-order valence-electron chi connectivity index (χ0n) is 17.4. The lowest BCUT2D eigenvalue weighted by atomic mass is 10.1. The molecule has 7 heteroatoms. The number of nitrogens with zero attached hydrogens (tertiary/aromatic N) is 3. The molecular weight excluding hydrogens is 396 g/mol. The van der Waals surface area contributed by atoms with Crippen LogP contribution >= 0.6 is 11.3 Å². The van der Waals surface area contributed by atoms with Gasteiger partial charge in [0.25, 0.3) is 0 Å². The number of thiazole rings is 1. The number of rotatable bonds is 5. The maximum Gasteiger partial charge on any atom is 0.139 e. The number of amidine groups is 1. The van der Waals surface area contributed by atoms with Crippen molar-refractivity contribution in [3.63, 3.8) is 0 Å². The molecule has 0 fully saturated rings. The molecule has 0 saturated carbocycles. The van der Waals surface area contributed by atoms with Gasteiger partial charge in [-0.05, 0) is 43.3 Å². The van der Waals surface area contributed by atoms with Crippen LogP contribution in [0, 0.1) is 5.41 Å². The molecule has 1 aromatic heterocycles. The third kappa shape index (κ3) is 3.41. The average molecular weight is 421 g/mol. The van der Waals surface area contributed by atoms with Gasteiger partial charge in [-0.1, -0.05) is 12.1 Å². The van der Waals surface area contributed by atoms with Gasteiger partial charge < -0.3 is 19.6 Å². The first-order valence-corrected chi connectivity index (χ1v) is 10.5. The third-order valence-corrected chi connectivity index (χ3v) is 6.10. The Bertz CT molecular complexity index is 1120. The molecule has 0 saturated heterocycles. The molecule has 30 heavy (non-hydrogen) atoms. The Labute approximate surface area is 180 Å². The fourth-order valence-electron chi connectivity index (χ4n) is 3.55. The zero-order chi connectivity index (χ0) is 21.4. The van der Waals surface area contributed by atoms with Crippen LogP contribution in [0.2, 0.25) is 0 Å². The minimum Gasteiger partial charge on any atom is -0.509 e. The molecule has 1 aliphatic rings. The maximum absolute atomic E-state index is 10.9. The molecule has 0 aliphatic carbocycles. The predicted octanol–water partition coefficient (Wildman–Crippen LogP) is 5.04. The Morgan fingerprint density at radius 1 is 1.17 bits per heavy atom. The molecule has 1 unspecified atom stereocenters. The molecule has 4 rings (SSSR count). The van der Waals surface area contributed by atoms with Crippen LogP contribution in [-0.4, -0.2) is 43.2 Å². The summed E-state index contributed by atoms with van der Waals surface area (Å²) in [6.45, 7) is 1.90. The van der Waals surface area contributed by atoms with Crippen LogP contribution in [0.1, 0.15) is 11.9 Å². The van der Waals surface area contributed by atoms with Crippen LogP contribution < -0.4 is 14.5 Å². The standard InChI is InChI=1S/C23H24N4O2S/c1-14-21(28)20(22(24)27(14)17-10-8-16(9-11-17)26(2)3)23-25-19(13-30-23)15-6-5-7-18(12-15)29-4/h5-14,24,28H,1-4H3. The van der Waals surface area contributed by atoms with Crippen molar-refractivity contribution in [3.05, 3.63) is 64.7 Å². The highest BCUT2D eigenvalue weighted by Crippen LogP contribution is 2.38. The van der Waals surface area contributed by atoms with E-state index in [1.54, 1.807) is 7.11 Å². The fraction of sp³-hybridized carbons (Fsp3) is 0.217. The minimum absolute atomic E-state index is 0.170. The molecule has 3 aromatic rings. The zero-order valence-corrected chi connectivity index (χ0v) is 18.2. The monoisotopic (exact) mass is 420 g/mol. The van der Waals surface area contributed by atoms with Crippen molar-refractivity contribution in [1.82, 2.24) is 4.98 Å². The van der Waals surface area contributed by atoms with Crippen LogP contribution in [0.15, 0.2) is 59.7 Å². The fourth-order valence-corrected chi connectivity index (χ4v) is 4.43. The molecular formula is C23H24N4O2S. The summed E-state index contributed by atoms with van der Waals surface area (Å²) >= 11 is 1.42. The largest absolute Gasteiger partial charge is 0.509 e. The van der Waals surface area contributed by atoms with E-state index in [2.05, 4.69) is 0 Å². The molecule has 0 spiro atoms. The number of hydrogen-bond acceptors (Lipinski definition) is 6. The van der Waals surface area contributed by atoms with Crippen molar-refractivity contribution in [1.29, 1.82) is 5.41 Å². The quantitative estimate of drug-likeness (QED) is 0.605. The summed E-state index contributed by atoms with van der Waals surface area (Å²) in [7, 11) is 5.61. The second-order valence-electron chi connectivity index (χ2n) is 7.34. The van der Waals surface area contributed by atoms with E-state index in [0.717, 1.165) is 28.4 Å². The van der Waals surface area contributed by atoms with Gasteiger partial charge in [0.15, 0.2) is 0 Å². The highest BCUT2D eigenvalue weighted by Gasteiger charge is 2.37. The van der Waals surface area contributed by atoms with Gasteiger partial charge in [0.1, 0.15) is 22.4 Å². The van der Waals surface area contributed by atoms with Crippen molar-refractivity contribution >= 4 is 34.1 Å². The number of ether oxygens (including phenoxy) is 1. The SMILES string of the molecule is COc1cccc(-c2csc(C3=C(O)C(C)N(c4ccc(N(C)C)cc4)C3=N)n2)c1. The van der Waals surface area contributed by atoms with E-state index < -0.39 is 0 Å². The summed E-state index contributed by atoms with van der Waals surface area (Å²) in [5, 5.41) is 22.2. The predicted molar refractivity (Wildman–Crippen MR) is 124 cm³/mol. The van der Waals surface area contributed by atoms with Crippen LogP contribution in [0.25, 0.3) is 16.8 Å². The molecule has 0 amide bonds. The smallest absolute Gasteiger partial charge is 0.139 e. The van der Waals surface area contributed by atoms with Gasteiger partial charge in [-0.15, -0.1) is 11.3 Å². The van der Waals surface area contributed by atoms with Crippen LogP contribution in [0.5, 0.6) is 5.75 Å². The number of aromatic nitrogens is 1. The summed E-state index contributed by atoms with van der Waals surface area (Å²) in [6.07, 6.45) is 0. The summed E-state index contributed by atoms with van der Waals surface area (Å²) in [4.78, 5) is 8.57. The highest BCUT2D eigenvalue weighted by atomic mass is 32.1. The Kier molecular flexibility index (Phi) is 5.22. The first kappa shape index (κ1) is 20.0. The number of anilines is 2. The highest BCUT2D eigenvalue weighted by molar-refractivity contribution is 7.11. The lowest BCUT2D eigenvalue weighted by Gasteiger charge is -2.25. The maximum atomic E-state index is 10.9. The van der Waals surface area contributed by atoms with E-state index in [1.165, 1.54) is 11.3 Å². The first-order valence-electron chi connectivity index (χ1n) is 9.59. The second-order valence-corrected chi connectivity index (χ2v) is 8.19. The molecule has 154 valence electrons. The van der Waals surface area contributed by atoms with E-state index in [1.807, 2.05) is 84.7 Å². The van der Waals surface area contributed by atoms with Gasteiger partial charge in [-0.2, -0.15) is 0 Å². The second kappa shape index (κ2) is 7.84. The summed E-state index contributed by atoms with van der Waals surface area (Å²) in [5.74, 6) is 1.19. The lowest BCUT2D eigenvalue weighted by molar-refractivity contribution is 0.384. The van der Waals surface area contributed by atoms with E-state index in [0.29, 0.717) is 10.6 Å². The molecule has 0 bridgehead atoms. The van der Waals surface area contributed by atoms with Crippen molar-refractivity contribution in [2.75, 3.05) is 31.0 Å². The van der Waals surface area contributed by atoms with E-state index in [4.69, 9.17) is 15.1 Å². The van der Waals surface area contributed by atoms with Gasteiger partial charge in [-0.25, -0.2) is 4.98 Å². The Hall–Kier alpha value is -3.32. The van der Waals surface area contributed by atoms with Gasteiger partial charge in [-0.3, -0.25) is 5.41 Å². The summed E-state index contributed by atoms with van der Waals surface area (Å²) in [6, 6.07) is 15.3. The number of nitrogens with one attached hydrogen (secondary N) is 1. The molecule has 1 aliphatic heterocycles. The van der Waals surface area contributed by atoms with E-state index >= 15 is 0 Å². The topological polar surface area (TPSA) is 72.7 Å². The van der Waals surface area contributed by atoms with Crippen molar-refractivity contribution in [2.45, 2.75) is 13.0 Å². The summed E-state index contributed by atoms with van der Waals surface area (Å²) in [5.41, 5.74) is 4.16. The Morgan fingerprint density at radius 3 is 2.57 bits per heavy atom. The number of benzene rings is 2. The molecule has 2 N–H and O–H groups in total. The Balaban J connectivity index is 1.65. The lowest BCUT2D eigenvalue weighted by Crippen LogP contribution is -2.33. The van der Waals surface area contributed by atoms with E-state index in [9.17, 15) is 5.11 Å². The van der Waals surface area contributed by atoms with E-state index in [-0.39, 0.29) is 17.6 Å². The number of methoxy groups -OCH3 is 1. The van der Waals surface area contributed by atoms with Crippen molar-refractivity contribution < 1.29 is 9.84 Å². The minimum atomic E-state index is -0.332. The molecule has 6 nitrogen and oxygen atoms in total. The van der Waals surface area contributed by atoms with Gasteiger partial charge in [0.2, 0.25) is 0 Å². The van der Waals surface area contributed by atoms with Crippen molar-refractivity contribution in [3.8, 4) is 17.0 Å². The molecule has 2 heterocycles. The van der Waals surface area contributed by atoms with Gasteiger partial charge >= 0.3 is 0 Å². The van der Waals surface area contributed by atoms with Crippen LogP contribution in [0.4, 0.5) is 11.4 Å². The van der Waals surface area contributed by atoms with Crippen LogP contribution in [-0.2, 0) is 0 Å². The third-order valence-electron chi connectivity index (χ3n) is 5.24. The van der Waals surface area contributed by atoms with Crippen molar-refractivity contribution in [2.24, 2.45) is 0 Å². The van der Waals surface area contributed by atoms with Gasteiger partial charge in [0.05, 0.1) is 24.4 Å². The normalized spacial score (nSPS) is 16.3. The summed E-state index contributed by atoms with van der Waals surface area (Å²) < 4.78 is 5.30. The first-order chi connectivity index (χ1) is 14.4. The van der Waals surface area contributed by atoms with Crippen LogP contribution in [0.3, 0.4) is 0 Å². The molecule has 0 radical (unpaired) electrons. The average Bonchev–Trinajstić information content (AvgIpc) is 3.31. The van der Waals surface area contributed by atoms with Gasteiger partial charge in [0, 0.05) is 36.4 Å². The number of hydrogen-bond donors (Lipinski definition) is 2. The molecule has 2 aromatic carbocycles. The number of aliphatic hydroxyl groups excluding tert-OH is 1. The number of aliphatic hydroxyl groups is 1.